The molecule has 0 saturated heterocycles. The summed E-state index contributed by atoms with van der Waals surface area (Å²) in [6.07, 6.45) is 0.894. The summed E-state index contributed by atoms with van der Waals surface area (Å²) in [7, 11) is 0. The molecule has 1 unspecified atom stereocenters. The van der Waals surface area contributed by atoms with Gasteiger partial charge in [0.1, 0.15) is 0 Å². The molecular weight excluding hydrogens is 293 g/mol. The Balaban J connectivity index is 2.23. The third-order valence-corrected chi connectivity index (χ3v) is 3.76. The van der Waals surface area contributed by atoms with E-state index in [9.17, 15) is 5.11 Å². The molecule has 0 aliphatic carbocycles. The third kappa shape index (κ3) is 3.66. The highest BCUT2D eigenvalue weighted by Crippen LogP contribution is 2.30. The highest BCUT2D eigenvalue weighted by atomic mass is 35.5. The molecule has 0 fully saturated rings. The van der Waals surface area contributed by atoms with E-state index < -0.39 is 0 Å². The second-order valence-corrected chi connectivity index (χ2v) is 5.47. The molecule has 2 N–H and O–H groups in total. The van der Waals surface area contributed by atoms with E-state index in [1.807, 2.05) is 36.4 Å². The molecule has 0 bridgehead atoms. The minimum absolute atomic E-state index is 0.0357. The summed E-state index contributed by atoms with van der Waals surface area (Å²) in [4.78, 5) is 0. The van der Waals surface area contributed by atoms with Crippen molar-refractivity contribution < 1.29 is 5.11 Å². The van der Waals surface area contributed by atoms with Crippen LogP contribution in [0.3, 0.4) is 0 Å². The van der Waals surface area contributed by atoms with Crippen molar-refractivity contribution >= 4 is 28.9 Å². The van der Waals surface area contributed by atoms with Crippen molar-refractivity contribution in [2.24, 2.45) is 0 Å². The van der Waals surface area contributed by atoms with Crippen LogP contribution in [-0.4, -0.2) is 5.11 Å². The van der Waals surface area contributed by atoms with Crippen LogP contribution in [0.4, 0.5) is 5.69 Å². The van der Waals surface area contributed by atoms with Crippen LogP contribution in [0.15, 0.2) is 42.5 Å². The second-order valence-electron chi connectivity index (χ2n) is 4.63. The van der Waals surface area contributed by atoms with Crippen LogP contribution in [0.1, 0.15) is 30.5 Å². The molecule has 2 nitrogen and oxygen atoms in total. The van der Waals surface area contributed by atoms with E-state index in [0.29, 0.717) is 10.0 Å². The van der Waals surface area contributed by atoms with E-state index in [4.69, 9.17) is 23.2 Å². The van der Waals surface area contributed by atoms with Gasteiger partial charge in [-0.3, -0.25) is 0 Å². The maximum atomic E-state index is 9.18. The standard InChI is InChI=1S/C16H17Cl2NO/c1-2-16(14-7-6-12(17)9-15(14)18)19-13-5-3-4-11(8-13)10-20/h3-9,16,19-20H,2,10H2,1H3. The van der Waals surface area contributed by atoms with Crippen LogP contribution in [-0.2, 0) is 6.61 Å². The highest BCUT2D eigenvalue weighted by molar-refractivity contribution is 6.35. The van der Waals surface area contributed by atoms with Gasteiger partial charge in [-0.1, -0.05) is 48.3 Å². The van der Waals surface area contributed by atoms with E-state index in [1.54, 1.807) is 6.07 Å². The lowest BCUT2D eigenvalue weighted by Gasteiger charge is -2.20. The molecule has 0 amide bonds. The van der Waals surface area contributed by atoms with Crippen LogP contribution in [0.2, 0.25) is 10.0 Å². The second kappa shape index (κ2) is 6.98. The maximum absolute atomic E-state index is 9.18. The molecule has 2 aromatic carbocycles. The first-order valence-corrected chi connectivity index (χ1v) is 7.31. The van der Waals surface area contributed by atoms with Crippen LogP contribution in [0.5, 0.6) is 0 Å². The number of anilines is 1. The van der Waals surface area contributed by atoms with Gasteiger partial charge in [-0.15, -0.1) is 0 Å². The largest absolute Gasteiger partial charge is 0.392 e. The molecule has 2 rings (SSSR count). The molecule has 0 saturated carbocycles. The van der Waals surface area contributed by atoms with E-state index in [1.165, 1.54) is 0 Å². The van der Waals surface area contributed by atoms with Crippen molar-refractivity contribution in [3.05, 3.63) is 63.6 Å². The van der Waals surface area contributed by atoms with Crippen molar-refractivity contribution in [1.82, 2.24) is 0 Å². The topological polar surface area (TPSA) is 32.3 Å². The zero-order valence-corrected chi connectivity index (χ0v) is 12.7. The summed E-state index contributed by atoms with van der Waals surface area (Å²) in [6, 6.07) is 13.4. The molecule has 2 aromatic rings. The van der Waals surface area contributed by atoms with Gasteiger partial charge in [-0.2, -0.15) is 0 Å². The van der Waals surface area contributed by atoms with Crippen molar-refractivity contribution in [2.45, 2.75) is 26.0 Å². The fraction of sp³-hybridized carbons (Fsp3) is 0.250. The Morgan fingerprint density at radius 1 is 1.15 bits per heavy atom. The lowest BCUT2D eigenvalue weighted by molar-refractivity contribution is 0.282. The zero-order chi connectivity index (χ0) is 14.5. The number of aliphatic hydroxyl groups excluding tert-OH is 1. The summed E-state index contributed by atoms with van der Waals surface area (Å²) >= 11 is 12.2. The Morgan fingerprint density at radius 2 is 1.95 bits per heavy atom. The summed E-state index contributed by atoms with van der Waals surface area (Å²) in [6.45, 7) is 2.13. The Morgan fingerprint density at radius 3 is 2.60 bits per heavy atom. The molecular formula is C16H17Cl2NO. The van der Waals surface area contributed by atoms with Gasteiger partial charge < -0.3 is 10.4 Å². The normalized spacial score (nSPS) is 12.2. The lowest BCUT2D eigenvalue weighted by Crippen LogP contribution is -2.10. The molecule has 0 aliphatic heterocycles. The van der Waals surface area contributed by atoms with Gasteiger partial charge in [0.15, 0.2) is 0 Å². The number of halogens is 2. The maximum Gasteiger partial charge on any atom is 0.0682 e. The smallest absolute Gasteiger partial charge is 0.0682 e. The SMILES string of the molecule is CCC(Nc1cccc(CO)c1)c1ccc(Cl)cc1Cl. The molecule has 0 heterocycles. The van der Waals surface area contributed by atoms with Crippen LogP contribution in [0, 0.1) is 0 Å². The van der Waals surface area contributed by atoms with E-state index in [0.717, 1.165) is 23.2 Å². The Kier molecular flexibility index (Phi) is 5.30. The minimum Gasteiger partial charge on any atom is -0.392 e. The lowest BCUT2D eigenvalue weighted by atomic mass is 10.0. The van der Waals surface area contributed by atoms with Crippen molar-refractivity contribution in [2.75, 3.05) is 5.32 Å². The number of hydrogen-bond acceptors (Lipinski definition) is 2. The van der Waals surface area contributed by atoms with Gasteiger partial charge in [-0.25, -0.2) is 0 Å². The van der Waals surface area contributed by atoms with Gasteiger partial charge in [0.25, 0.3) is 0 Å². The first-order chi connectivity index (χ1) is 9.63. The fourth-order valence-electron chi connectivity index (χ4n) is 2.14. The van der Waals surface area contributed by atoms with Crippen molar-refractivity contribution in [3.8, 4) is 0 Å². The first-order valence-electron chi connectivity index (χ1n) is 6.55. The molecule has 0 radical (unpaired) electrons. The van der Waals surface area contributed by atoms with Gasteiger partial charge in [-0.05, 0) is 41.8 Å². The van der Waals surface area contributed by atoms with Crippen LogP contribution < -0.4 is 5.32 Å². The molecule has 0 aromatic heterocycles. The summed E-state index contributed by atoms with van der Waals surface area (Å²) < 4.78 is 0. The zero-order valence-electron chi connectivity index (χ0n) is 11.2. The Hall–Kier alpha value is -1.22. The van der Waals surface area contributed by atoms with Gasteiger partial charge >= 0.3 is 0 Å². The molecule has 20 heavy (non-hydrogen) atoms. The Labute approximate surface area is 129 Å². The van der Waals surface area contributed by atoms with Gasteiger partial charge in [0.05, 0.1) is 12.6 Å². The monoisotopic (exact) mass is 309 g/mol. The molecule has 4 heteroatoms. The molecule has 0 aliphatic rings. The van der Waals surface area contributed by atoms with Gasteiger partial charge in [0, 0.05) is 15.7 Å². The fourth-order valence-corrected chi connectivity index (χ4v) is 2.68. The third-order valence-electron chi connectivity index (χ3n) is 3.20. The average Bonchev–Trinajstić information content (AvgIpc) is 2.45. The predicted octanol–water partition coefficient (Wildman–Crippen LogP) is 5.05. The van der Waals surface area contributed by atoms with Crippen LogP contribution >= 0.6 is 23.2 Å². The average molecular weight is 310 g/mol. The number of hydrogen-bond donors (Lipinski definition) is 2. The van der Waals surface area contributed by atoms with Crippen molar-refractivity contribution in [1.29, 1.82) is 0 Å². The van der Waals surface area contributed by atoms with Gasteiger partial charge in [0.2, 0.25) is 0 Å². The predicted molar refractivity (Wildman–Crippen MR) is 85.5 cm³/mol. The minimum atomic E-state index is 0.0357. The van der Waals surface area contributed by atoms with Crippen LogP contribution in [0.25, 0.3) is 0 Å². The molecule has 106 valence electrons. The first kappa shape index (κ1) is 15.2. The number of aliphatic hydroxyl groups is 1. The highest BCUT2D eigenvalue weighted by Gasteiger charge is 2.13. The molecule has 1 atom stereocenters. The Bertz CT molecular complexity index is 586. The van der Waals surface area contributed by atoms with E-state index >= 15 is 0 Å². The summed E-state index contributed by atoms with van der Waals surface area (Å²) in [5, 5.41) is 13.9. The molecule has 0 spiro atoms. The number of benzene rings is 2. The quantitative estimate of drug-likeness (QED) is 0.810. The van der Waals surface area contributed by atoms with E-state index in [2.05, 4.69) is 12.2 Å². The van der Waals surface area contributed by atoms with E-state index in [-0.39, 0.29) is 12.6 Å². The van der Waals surface area contributed by atoms with Crippen molar-refractivity contribution in [3.63, 3.8) is 0 Å². The number of rotatable bonds is 5. The summed E-state index contributed by atoms with van der Waals surface area (Å²) in [5.41, 5.74) is 2.87. The summed E-state index contributed by atoms with van der Waals surface area (Å²) in [5.74, 6) is 0. The number of nitrogens with one attached hydrogen (secondary N) is 1.